The average Bonchev–Trinajstić information content (AvgIpc) is 2.79. The number of amides is 2. The van der Waals surface area contributed by atoms with Crippen molar-refractivity contribution in [1.29, 1.82) is 0 Å². The van der Waals surface area contributed by atoms with Gasteiger partial charge in [0.25, 0.3) is 5.91 Å². The highest BCUT2D eigenvalue weighted by Gasteiger charge is 2.16. The lowest BCUT2D eigenvalue weighted by Crippen LogP contribution is -2.44. The molecule has 0 aliphatic heterocycles. The lowest BCUT2D eigenvalue weighted by Gasteiger charge is -2.12. The highest BCUT2D eigenvalue weighted by molar-refractivity contribution is 5.95. The molecule has 1 rings (SSSR count). The van der Waals surface area contributed by atoms with Gasteiger partial charge in [0.1, 0.15) is 6.04 Å². The van der Waals surface area contributed by atoms with Crippen LogP contribution < -0.4 is 10.6 Å². The molecule has 2 N–H and O–H groups in total. The van der Waals surface area contributed by atoms with Crippen LogP contribution in [-0.4, -0.2) is 24.4 Å². The summed E-state index contributed by atoms with van der Waals surface area (Å²) in [6, 6.07) is 2.53. The van der Waals surface area contributed by atoms with Gasteiger partial charge in [-0.25, -0.2) is 0 Å². The minimum absolute atomic E-state index is 0.184. The average molecular weight is 222 g/mol. The van der Waals surface area contributed by atoms with Crippen LogP contribution in [0.5, 0.6) is 0 Å². The maximum atomic E-state index is 11.5. The van der Waals surface area contributed by atoms with Crippen LogP contribution in [0.4, 0.5) is 0 Å². The second-order valence-electron chi connectivity index (χ2n) is 3.21. The number of carbonyl (C=O) groups is 2. The van der Waals surface area contributed by atoms with Gasteiger partial charge in [0.15, 0.2) is 5.76 Å². The van der Waals surface area contributed by atoms with E-state index in [1.165, 1.54) is 12.3 Å². The van der Waals surface area contributed by atoms with Crippen molar-refractivity contribution in [2.24, 2.45) is 0 Å². The Hall–Kier alpha value is -2.04. The monoisotopic (exact) mass is 222 g/mol. The van der Waals surface area contributed by atoms with Gasteiger partial charge in [0.2, 0.25) is 5.91 Å². The van der Waals surface area contributed by atoms with Crippen molar-refractivity contribution < 1.29 is 14.0 Å². The standard InChI is InChI=1S/C11H14N2O3/c1-3-6-12-10(14)8(2)13-11(15)9-5-4-7-16-9/h3-5,7-8H,1,6H2,2H3,(H,12,14)(H,13,15). The van der Waals surface area contributed by atoms with E-state index in [-0.39, 0.29) is 11.7 Å². The van der Waals surface area contributed by atoms with E-state index in [1.54, 1.807) is 19.1 Å². The smallest absolute Gasteiger partial charge is 0.287 e. The summed E-state index contributed by atoms with van der Waals surface area (Å²) in [4.78, 5) is 22.9. The topological polar surface area (TPSA) is 71.3 Å². The Morgan fingerprint density at radius 3 is 2.94 bits per heavy atom. The van der Waals surface area contributed by atoms with Crippen molar-refractivity contribution in [1.82, 2.24) is 10.6 Å². The maximum Gasteiger partial charge on any atom is 0.287 e. The molecule has 0 spiro atoms. The van der Waals surface area contributed by atoms with E-state index in [2.05, 4.69) is 17.2 Å². The third-order valence-corrected chi connectivity index (χ3v) is 1.91. The zero-order valence-electron chi connectivity index (χ0n) is 9.03. The zero-order valence-corrected chi connectivity index (χ0v) is 9.03. The van der Waals surface area contributed by atoms with Crippen LogP contribution in [-0.2, 0) is 4.79 Å². The number of hydrogen-bond acceptors (Lipinski definition) is 3. The van der Waals surface area contributed by atoms with Crippen molar-refractivity contribution in [3.63, 3.8) is 0 Å². The fraction of sp³-hybridized carbons (Fsp3) is 0.273. The molecule has 16 heavy (non-hydrogen) atoms. The van der Waals surface area contributed by atoms with Crippen LogP contribution in [0.1, 0.15) is 17.5 Å². The number of nitrogens with one attached hydrogen (secondary N) is 2. The molecular formula is C11H14N2O3. The highest BCUT2D eigenvalue weighted by Crippen LogP contribution is 1.99. The minimum Gasteiger partial charge on any atom is -0.459 e. The maximum absolute atomic E-state index is 11.5. The summed E-state index contributed by atoms with van der Waals surface area (Å²) in [5, 5.41) is 5.09. The Kier molecular flexibility index (Phi) is 4.32. The first-order valence-electron chi connectivity index (χ1n) is 4.88. The van der Waals surface area contributed by atoms with Crippen LogP contribution in [0, 0.1) is 0 Å². The molecule has 0 saturated heterocycles. The lowest BCUT2D eigenvalue weighted by atomic mass is 10.3. The SMILES string of the molecule is C=CCNC(=O)C(C)NC(=O)c1ccco1. The molecule has 0 radical (unpaired) electrons. The summed E-state index contributed by atoms with van der Waals surface area (Å²) in [5.41, 5.74) is 0. The summed E-state index contributed by atoms with van der Waals surface area (Å²) in [6.45, 7) is 5.45. The van der Waals surface area contributed by atoms with Crippen LogP contribution in [0.3, 0.4) is 0 Å². The van der Waals surface area contributed by atoms with Crippen molar-refractivity contribution in [3.05, 3.63) is 36.8 Å². The Balaban J connectivity index is 2.45. The number of furan rings is 1. The first kappa shape index (κ1) is 12.0. The largest absolute Gasteiger partial charge is 0.459 e. The predicted octanol–water partition coefficient (Wildman–Crippen LogP) is 0.700. The second kappa shape index (κ2) is 5.75. The van der Waals surface area contributed by atoms with E-state index >= 15 is 0 Å². The fourth-order valence-corrected chi connectivity index (χ4v) is 1.07. The molecule has 1 aromatic rings. The minimum atomic E-state index is -0.613. The van der Waals surface area contributed by atoms with Crippen LogP contribution in [0.25, 0.3) is 0 Å². The van der Waals surface area contributed by atoms with E-state index in [1.807, 2.05) is 0 Å². The Labute approximate surface area is 93.5 Å². The molecule has 0 fully saturated rings. The van der Waals surface area contributed by atoms with Gasteiger partial charge in [-0.3, -0.25) is 9.59 Å². The third-order valence-electron chi connectivity index (χ3n) is 1.91. The van der Waals surface area contributed by atoms with Gasteiger partial charge in [0.05, 0.1) is 6.26 Å². The molecular weight excluding hydrogens is 208 g/mol. The molecule has 0 saturated carbocycles. The fourth-order valence-electron chi connectivity index (χ4n) is 1.07. The summed E-state index contributed by atoms with van der Waals surface area (Å²) < 4.78 is 4.90. The van der Waals surface area contributed by atoms with Crippen molar-refractivity contribution in [2.75, 3.05) is 6.54 Å². The molecule has 5 heteroatoms. The molecule has 1 unspecified atom stereocenters. The zero-order chi connectivity index (χ0) is 12.0. The van der Waals surface area contributed by atoms with Crippen molar-refractivity contribution in [2.45, 2.75) is 13.0 Å². The summed E-state index contributed by atoms with van der Waals surface area (Å²) in [5.74, 6) is -0.491. The summed E-state index contributed by atoms with van der Waals surface area (Å²) >= 11 is 0. The Morgan fingerprint density at radius 2 is 2.38 bits per heavy atom. The van der Waals surface area contributed by atoms with Crippen molar-refractivity contribution in [3.8, 4) is 0 Å². The quantitative estimate of drug-likeness (QED) is 0.720. The molecule has 0 bridgehead atoms. The lowest BCUT2D eigenvalue weighted by molar-refractivity contribution is -0.122. The van der Waals surface area contributed by atoms with Crippen molar-refractivity contribution >= 4 is 11.8 Å². The van der Waals surface area contributed by atoms with Crippen LogP contribution in [0.15, 0.2) is 35.5 Å². The van der Waals surface area contributed by atoms with Crippen LogP contribution >= 0.6 is 0 Å². The number of carbonyl (C=O) groups excluding carboxylic acids is 2. The predicted molar refractivity (Wildman–Crippen MR) is 58.8 cm³/mol. The summed E-state index contributed by atoms with van der Waals surface area (Å²) in [6.07, 6.45) is 2.97. The van der Waals surface area contributed by atoms with Crippen LogP contribution in [0.2, 0.25) is 0 Å². The second-order valence-corrected chi connectivity index (χ2v) is 3.21. The van der Waals surface area contributed by atoms with Gasteiger partial charge in [-0.2, -0.15) is 0 Å². The first-order chi connectivity index (χ1) is 7.65. The molecule has 1 heterocycles. The molecule has 0 aromatic carbocycles. The Bertz CT molecular complexity index is 371. The van der Waals surface area contributed by atoms with E-state index in [0.29, 0.717) is 6.54 Å². The molecule has 86 valence electrons. The highest BCUT2D eigenvalue weighted by atomic mass is 16.3. The van der Waals surface area contributed by atoms with Gasteiger partial charge in [-0.05, 0) is 19.1 Å². The summed E-state index contributed by atoms with van der Waals surface area (Å²) in [7, 11) is 0. The first-order valence-corrected chi connectivity index (χ1v) is 4.88. The van der Waals surface area contributed by atoms with E-state index in [0.717, 1.165) is 0 Å². The molecule has 2 amide bonds. The molecule has 1 atom stereocenters. The van der Waals surface area contributed by atoms with Gasteiger partial charge >= 0.3 is 0 Å². The number of hydrogen-bond donors (Lipinski definition) is 2. The van der Waals surface area contributed by atoms with Gasteiger partial charge < -0.3 is 15.1 Å². The van der Waals surface area contributed by atoms with Gasteiger partial charge in [0, 0.05) is 6.54 Å². The van der Waals surface area contributed by atoms with E-state index in [9.17, 15) is 9.59 Å². The molecule has 5 nitrogen and oxygen atoms in total. The third kappa shape index (κ3) is 3.27. The Morgan fingerprint density at radius 1 is 1.62 bits per heavy atom. The molecule has 1 aromatic heterocycles. The van der Waals surface area contributed by atoms with E-state index < -0.39 is 11.9 Å². The van der Waals surface area contributed by atoms with E-state index in [4.69, 9.17) is 4.42 Å². The normalized spacial score (nSPS) is 11.6. The number of rotatable bonds is 5. The molecule has 0 aliphatic carbocycles. The van der Waals surface area contributed by atoms with Gasteiger partial charge in [-0.15, -0.1) is 6.58 Å². The molecule has 0 aliphatic rings. The van der Waals surface area contributed by atoms with Gasteiger partial charge in [-0.1, -0.05) is 6.08 Å².